The van der Waals surface area contributed by atoms with Crippen LogP contribution in [-0.2, 0) is 24.5 Å². The molecule has 132 valence electrons. The Bertz CT molecular complexity index is 814. The molecule has 1 atom stereocenters. The SMILES string of the molecule is C=C1Sc2ccc(C)cc2C12CCN(C)C(C(=O)OC)=C2C(=O)OC. The topological polar surface area (TPSA) is 55.8 Å². The highest BCUT2D eigenvalue weighted by molar-refractivity contribution is 8.03. The third-order valence-electron chi connectivity index (χ3n) is 4.94. The van der Waals surface area contributed by atoms with Crippen molar-refractivity contribution in [2.75, 3.05) is 27.8 Å². The Morgan fingerprint density at radius 3 is 2.56 bits per heavy atom. The number of ether oxygens (including phenoxy) is 2. The average molecular weight is 359 g/mol. The summed E-state index contributed by atoms with van der Waals surface area (Å²) in [5, 5.41) is 0. The zero-order chi connectivity index (χ0) is 18.4. The second-order valence-corrected chi connectivity index (χ2v) is 7.45. The van der Waals surface area contributed by atoms with Crippen molar-refractivity contribution in [2.45, 2.75) is 23.7 Å². The number of rotatable bonds is 2. The van der Waals surface area contributed by atoms with Gasteiger partial charge in [0.25, 0.3) is 0 Å². The largest absolute Gasteiger partial charge is 0.466 e. The first-order chi connectivity index (χ1) is 11.9. The lowest BCUT2D eigenvalue weighted by Crippen LogP contribution is -2.45. The van der Waals surface area contributed by atoms with Gasteiger partial charge in [0.1, 0.15) is 5.70 Å². The molecule has 5 nitrogen and oxygen atoms in total. The van der Waals surface area contributed by atoms with Crippen LogP contribution < -0.4 is 0 Å². The van der Waals surface area contributed by atoms with Gasteiger partial charge in [-0.05, 0) is 29.9 Å². The lowest BCUT2D eigenvalue weighted by molar-refractivity contribution is -0.141. The molecular weight excluding hydrogens is 338 g/mol. The minimum atomic E-state index is -0.741. The Balaban J connectivity index is 2.37. The van der Waals surface area contributed by atoms with Crippen molar-refractivity contribution in [3.8, 4) is 0 Å². The van der Waals surface area contributed by atoms with Crippen molar-refractivity contribution < 1.29 is 19.1 Å². The number of nitrogens with zero attached hydrogens (tertiary/aromatic N) is 1. The molecule has 0 saturated heterocycles. The minimum Gasteiger partial charge on any atom is -0.466 e. The highest BCUT2D eigenvalue weighted by atomic mass is 32.2. The number of esters is 2. The molecule has 0 amide bonds. The molecule has 1 aromatic carbocycles. The Morgan fingerprint density at radius 1 is 1.24 bits per heavy atom. The van der Waals surface area contributed by atoms with Gasteiger partial charge >= 0.3 is 11.9 Å². The molecule has 3 rings (SSSR count). The molecule has 6 heteroatoms. The van der Waals surface area contributed by atoms with Crippen LogP contribution in [0.25, 0.3) is 0 Å². The third kappa shape index (κ3) is 2.47. The fourth-order valence-corrected chi connectivity index (χ4v) is 4.91. The van der Waals surface area contributed by atoms with E-state index >= 15 is 0 Å². The quantitative estimate of drug-likeness (QED) is 0.757. The van der Waals surface area contributed by atoms with Crippen LogP contribution in [0.4, 0.5) is 0 Å². The van der Waals surface area contributed by atoms with Crippen LogP contribution >= 0.6 is 11.8 Å². The van der Waals surface area contributed by atoms with Gasteiger partial charge < -0.3 is 14.4 Å². The number of carbonyl (C=O) groups is 2. The molecule has 0 aromatic heterocycles. The average Bonchev–Trinajstić information content (AvgIpc) is 2.87. The smallest absolute Gasteiger partial charge is 0.354 e. The van der Waals surface area contributed by atoms with Crippen LogP contribution in [0.5, 0.6) is 0 Å². The number of likely N-dealkylation sites (N-methyl/N-ethyl adjacent to an activating group) is 1. The van der Waals surface area contributed by atoms with Crippen molar-refractivity contribution >= 4 is 23.7 Å². The Morgan fingerprint density at radius 2 is 1.92 bits per heavy atom. The summed E-state index contributed by atoms with van der Waals surface area (Å²) < 4.78 is 10.0. The first kappa shape index (κ1) is 17.6. The fourth-order valence-electron chi connectivity index (χ4n) is 3.68. The van der Waals surface area contributed by atoms with Crippen LogP contribution in [0.15, 0.2) is 45.8 Å². The van der Waals surface area contributed by atoms with Crippen molar-refractivity contribution in [1.82, 2.24) is 4.90 Å². The second-order valence-electron chi connectivity index (χ2n) is 6.31. The lowest BCUT2D eigenvalue weighted by Gasteiger charge is -2.41. The molecule has 1 aromatic rings. The molecule has 2 aliphatic heterocycles. The maximum Gasteiger partial charge on any atom is 0.354 e. The number of thioether (sulfide) groups is 1. The monoisotopic (exact) mass is 359 g/mol. The van der Waals surface area contributed by atoms with Crippen LogP contribution in [-0.4, -0.2) is 44.7 Å². The van der Waals surface area contributed by atoms with Crippen LogP contribution in [0.3, 0.4) is 0 Å². The molecule has 2 aliphatic rings. The molecule has 2 heterocycles. The van der Waals surface area contributed by atoms with Gasteiger partial charge in [0.05, 0.1) is 25.2 Å². The number of carbonyl (C=O) groups excluding carboxylic acids is 2. The van der Waals surface area contributed by atoms with E-state index in [-0.39, 0.29) is 5.70 Å². The first-order valence-electron chi connectivity index (χ1n) is 7.97. The van der Waals surface area contributed by atoms with Gasteiger partial charge in [-0.3, -0.25) is 0 Å². The van der Waals surface area contributed by atoms with E-state index < -0.39 is 17.4 Å². The number of hydrogen-bond acceptors (Lipinski definition) is 6. The van der Waals surface area contributed by atoms with E-state index in [0.29, 0.717) is 18.5 Å². The number of methoxy groups -OCH3 is 2. The third-order valence-corrected chi connectivity index (χ3v) is 6.11. The molecule has 0 aliphatic carbocycles. The van der Waals surface area contributed by atoms with E-state index in [0.717, 1.165) is 20.9 Å². The predicted molar refractivity (Wildman–Crippen MR) is 96.2 cm³/mol. The zero-order valence-electron chi connectivity index (χ0n) is 14.8. The van der Waals surface area contributed by atoms with Crippen molar-refractivity contribution in [1.29, 1.82) is 0 Å². The Labute approximate surface area is 151 Å². The van der Waals surface area contributed by atoms with E-state index in [1.54, 1.807) is 23.7 Å². The molecule has 1 unspecified atom stereocenters. The summed E-state index contributed by atoms with van der Waals surface area (Å²) in [7, 11) is 4.42. The van der Waals surface area contributed by atoms with E-state index in [2.05, 4.69) is 12.6 Å². The van der Waals surface area contributed by atoms with E-state index in [4.69, 9.17) is 9.47 Å². The van der Waals surface area contributed by atoms with Crippen LogP contribution in [0.1, 0.15) is 17.5 Å². The van der Waals surface area contributed by atoms with Crippen molar-refractivity contribution in [3.05, 3.63) is 52.1 Å². The molecule has 1 spiro atoms. The number of aryl methyl sites for hydroxylation is 1. The second kappa shape index (κ2) is 6.26. The fraction of sp³-hybridized carbons (Fsp3) is 0.368. The van der Waals surface area contributed by atoms with Crippen LogP contribution in [0.2, 0.25) is 0 Å². The minimum absolute atomic E-state index is 0.247. The summed E-state index contributed by atoms with van der Waals surface area (Å²) in [5.41, 5.74) is 1.93. The summed E-state index contributed by atoms with van der Waals surface area (Å²) in [5.74, 6) is -1.07. The molecule has 0 radical (unpaired) electrons. The highest BCUT2D eigenvalue weighted by Crippen LogP contribution is 2.59. The summed E-state index contributed by atoms with van der Waals surface area (Å²) in [6.45, 7) is 6.86. The first-order valence-corrected chi connectivity index (χ1v) is 8.79. The highest BCUT2D eigenvalue weighted by Gasteiger charge is 2.53. The van der Waals surface area contributed by atoms with Crippen molar-refractivity contribution in [2.24, 2.45) is 0 Å². The lowest BCUT2D eigenvalue weighted by atomic mass is 9.68. The molecule has 0 saturated carbocycles. The number of fused-ring (bicyclic) bond motifs is 2. The van der Waals surface area contributed by atoms with Gasteiger partial charge in [0.15, 0.2) is 0 Å². The van der Waals surface area contributed by atoms with Gasteiger partial charge in [-0.15, -0.1) is 0 Å². The molecular formula is C19H21NO4S. The Kier molecular flexibility index (Phi) is 4.41. The maximum absolute atomic E-state index is 12.8. The molecule has 0 bridgehead atoms. The number of benzene rings is 1. The predicted octanol–water partition coefficient (Wildman–Crippen LogP) is 2.79. The van der Waals surface area contributed by atoms with Crippen molar-refractivity contribution in [3.63, 3.8) is 0 Å². The van der Waals surface area contributed by atoms with Crippen LogP contribution in [0, 0.1) is 6.92 Å². The van der Waals surface area contributed by atoms with E-state index in [1.807, 2.05) is 19.1 Å². The molecule has 0 N–H and O–H groups in total. The summed E-state index contributed by atoms with van der Waals surface area (Å²) >= 11 is 1.55. The van der Waals surface area contributed by atoms with Gasteiger partial charge in [0.2, 0.25) is 0 Å². The number of hydrogen-bond donors (Lipinski definition) is 0. The van der Waals surface area contributed by atoms with Gasteiger partial charge in [-0.25, -0.2) is 9.59 Å². The maximum atomic E-state index is 12.8. The summed E-state index contributed by atoms with van der Waals surface area (Å²) in [6.07, 6.45) is 0.650. The molecule has 25 heavy (non-hydrogen) atoms. The standard InChI is InChI=1S/C19H21NO4S/c1-11-6-7-14-13(10-11)19(12(2)25-14)8-9-20(3)16(18(22)24-5)15(19)17(21)23-4/h6-7,10H,2,8-9H2,1,3-5H3. The van der Waals surface area contributed by atoms with E-state index in [1.165, 1.54) is 14.2 Å². The summed E-state index contributed by atoms with van der Waals surface area (Å²) in [6, 6.07) is 6.15. The van der Waals surface area contributed by atoms with Gasteiger partial charge in [-0.1, -0.05) is 36.0 Å². The summed E-state index contributed by atoms with van der Waals surface area (Å²) in [4.78, 5) is 28.9. The van der Waals surface area contributed by atoms with Gasteiger partial charge in [0, 0.05) is 18.5 Å². The normalized spacial score (nSPS) is 22.2. The molecule has 0 fully saturated rings. The zero-order valence-corrected chi connectivity index (χ0v) is 15.7. The van der Waals surface area contributed by atoms with E-state index in [9.17, 15) is 9.59 Å². The van der Waals surface area contributed by atoms with Gasteiger partial charge in [-0.2, -0.15) is 0 Å². The number of allylic oxidation sites excluding steroid dienone is 1. The Hall–Kier alpha value is -2.21.